The Bertz CT molecular complexity index is 309. The first-order valence-corrected chi connectivity index (χ1v) is 3.80. The smallest absolute Gasteiger partial charge is 0.317 e. The van der Waals surface area contributed by atoms with E-state index in [-0.39, 0.29) is 4.99 Å². The summed E-state index contributed by atoms with van der Waals surface area (Å²) in [5, 5.41) is -0.543. The molecule has 0 aromatic carbocycles. The molecule has 0 amide bonds. The first-order chi connectivity index (χ1) is 5.82. The van der Waals surface area contributed by atoms with Crippen LogP contribution in [0, 0.1) is 0 Å². The zero-order chi connectivity index (χ0) is 10.2. The zero-order valence-corrected chi connectivity index (χ0v) is 7.54. The molecule has 0 spiro atoms. The van der Waals surface area contributed by atoms with Crippen molar-refractivity contribution in [3.05, 3.63) is 0 Å². The Morgan fingerprint density at radius 2 is 1.92 bits per heavy atom. The van der Waals surface area contributed by atoms with Gasteiger partial charge in [0.25, 0.3) is 0 Å². The predicted molar refractivity (Wildman–Crippen MR) is 47.4 cm³/mol. The van der Waals surface area contributed by atoms with E-state index in [9.17, 15) is 13.2 Å². The van der Waals surface area contributed by atoms with Crippen LogP contribution in [0.15, 0.2) is 9.98 Å². The summed E-state index contributed by atoms with van der Waals surface area (Å²) in [6.45, 7) is 0. The van der Waals surface area contributed by atoms with Gasteiger partial charge in [-0.2, -0.15) is 13.2 Å². The Labute approximate surface area is 81.5 Å². The third-order valence-corrected chi connectivity index (χ3v) is 1.78. The van der Waals surface area contributed by atoms with Gasteiger partial charge in [0.2, 0.25) is 5.29 Å². The van der Waals surface area contributed by atoms with Crippen LogP contribution in [0.4, 0.5) is 13.2 Å². The number of hydrogen-bond donors (Lipinski definition) is 1. The van der Waals surface area contributed by atoms with Gasteiger partial charge in [-0.15, -0.1) is 0 Å². The number of alkyl halides is 3. The molecule has 1 unspecified atom stereocenters. The van der Waals surface area contributed by atoms with Gasteiger partial charge < -0.3 is 5.73 Å². The first kappa shape index (κ1) is 10.6. The summed E-state index contributed by atoms with van der Waals surface area (Å²) in [7, 11) is 0. The molecule has 1 rings (SSSR count). The molecule has 0 saturated heterocycles. The highest BCUT2D eigenvalue weighted by Crippen LogP contribution is 2.22. The highest BCUT2D eigenvalue weighted by molar-refractivity contribution is 7.80. The zero-order valence-electron chi connectivity index (χ0n) is 5.97. The maximum Gasteiger partial charge on any atom is 0.431 e. The molecule has 0 fully saturated rings. The third kappa shape index (κ3) is 2.23. The summed E-state index contributed by atoms with van der Waals surface area (Å²) in [6.07, 6.45) is -4.63. The van der Waals surface area contributed by atoms with Crippen molar-refractivity contribution in [1.29, 1.82) is 0 Å². The Hall–Kier alpha value is -0.530. The van der Waals surface area contributed by atoms with Gasteiger partial charge in [0.1, 0.15) is 16.7 Å². The molecule has 13 heavy (non-hydrogen) atoms. The summed E-state index contributed by atoms with van der Waals surface area (Å²) in [5.74, 6) is 0. The lowest BCUT2D eigenvalue weighted by molar-refractivity contribution is -0.0602. The van der Waals surface area contributed by atoms with Crippen molar-refractivity contribution in [1.82, 2.24) is 0 Å². The summed E-state index contributed by atoms with van der Waals surface area (Å²) in [4.78, 5) is 6.00. The van der Waals surface area contributed by atoms with Crippen molar-refractivity contribution < 1.29 is 13.2 Å². The first-order valence-electron chi connectivity index (χ1n) is 3.02. The maximum atomic E-state index is 12.2. The van der Waals surface area contributed by atoms with Crippen LogP contribution in [0.25, 0.3) is 0 Å². The molecule has 0 radical (unpaired) electrons. The molecule has 0 bridgehead atoms. The second-order valence-corrected chi connectivity index (χ2v) is 2.95. The second-order valence-electron chi connectivity index (χ2n) is 2.19. The van der Waals surface area contributed by atoms with Crippen molar-refractivity contribution in [3.8, 4) is 0 Å². The fourth-order valence-corrected chi connectivity index (χ4v) is 1.14. The number of amidine groups is 1. The van der Waals surface area contributed by atoms with Gasteiger partial charge >= 0.3 is 6.18 Å². The Balaban J connectivity index is 3.10. The molecule has 8 heteroatoms. The number of nitrogens with two attached hydrogens (primary N) is 1. The van der Waals surface area contributed by atoms with Crippen LogP contribution in [-0.4, -0.2) is 28.2 Å². The van der Waals surface area contributed by atoms with Crippen molar-refractivity contribution >= 4 is 39.8 Å². The van der Waals surface area contributed by atoms with E-state index in [2.05, 4.69) is 22.2 Å². The van der Waals surface area contributed by atoms with E-state index in [1.54, 1.807) is 0 Å². The van der Waals surface area contributed by atoms with Gasteiger partial charge in [-0.1, -0.05) is 12.2 Å². The van der Waals surface area contributed by atoms with Gasteiger partial charge in [-0.3, -0.25) is 0 Å². The van der Waals surface area contributed by atoms with Crippen LogP contribution in [0.5, 0.6) is 0 Å². The van der Waals surface area contributed by atoms with Crippen LogP contribution in [0.1, 0.15) is 0 Å². The monoisotopic (exact) mass is 229 g/mol. The van der Waals surface area contributed by atoms with E-state index >= 15 is 0 Å². The highest BCUT2D eigenvalue weighted by Gasteiger charge is 2.42. The molecular formula is C5H3ClF3N3S. The van der Waals surface area contributed by atoms with Gasteiger partial charge in [0, 0.05) is 0 Å². The largest absolute Gasteiger partial charge is 0.431 e. The van der Waals surface area contributed by atoms with E-state index in [1.807, 2.05) is 0 Å². The molecule has 0 aromatic rings. The molecule has 2 N–H and O–H groups in total. The Morgan fingerprint density at radius 3 is 2.38 bits per heavy atom. The van der Waals surface area contributed by atoms with Crippen molar-refractivity contribution in [3.63, 3.8) is 0 Å². The molecule has 1 heterocycles. The van der Waals surface area contributed by atoms with E-state index in [0.29, 0.717) is 0 Å². The summed E-state index contributed by atoms with van der Waals surface area (Å²) in [6, 6.07) is -1.50. The highest BCUT2D eigenvalue weighted by atomic mass is 35.5. The summed E-state index contributed by atoms with van der Waals surface area (Å²) < 4.78 is 36.5. The number of thiocarbonyl (C=S) groups is 1. The molecule has 1 atom stereocenters. The lowest BCUT2D eigenvalue weighted by Crippen LogP contribution is -2.47. The lowest BCUT2D eigenvalue weighted by Gasteiger charge is -2.18. The minimum atomic E-state index is -4.63. The van der Waals surface area contributed by atoms with Crippen LogP contribution in [0.2, 0.25) is 0 Å². The molecule has 3 nitrogen and oxygen atoms in total. The molecule has 1 aliphatic rings. The fourth-order valence-electron chi connectivity index (χ4n) is 0.711. The number of aliphatic imine (C=N–C) groups is 2. The average Bonchev–Trinajstić information content (AvgIpc) is 1.94. The molecule has 0 saturated carbocycles. The normalized spacial score (nSPS) is 24.1. The average molecular weight is 230 g/mol. The Kier molecular flexibility index (Phi) is 2.69. The topological polar surface area (TPSA) is 50.7 Å². The number of nitrogens with zero attached hydrogens (tertiary/aromatic N) is 2. The third-order valence-electron chi connectivity index (χ3n) is 1.27. The molecule has 72 valence electrons. The Morgan fingerprint density at radius 1 is 1.38 bits per heavy atom. The van der Waals surface area contributed by atoms with E-state index in [1.165, 1.54) is 0 Å². The van der Waals surface area contributed by atoms with E-state index in [0.717, 1.165) is 0 Å². The maximum absolute atomic E-state index is 12.2. The van der Waals surface area contributed by atoms with Crippen molar-refractivity contribution in [2.24, 2.45) is 15.7 Å². The number of hydrogen-bond acceptors (Lipinski definition) is 3. The fraction of sp³-hybridized carbons (Fsp3) is 0.400. The van der Waals surface area contributed by atoms with Gasteiger partial charge in [-0.25, -0.2) is 9.98 Å². The number of halogens is 4. The van der Waals surface area contributed by atoms with Gasteiger partial charge in [0.15, 0.2) is 0 Å². The number of rotatable bonds is 0. The van der Waals surface area contributed by atoms with Crippen LogP contribution in [0.3, 0.4) is 0 Å². The SMILES string of the molecule is NC1C(=S)N=C(Cl)N=C1C(F)(F)F. The van der Waals surface area contributed by atoms with Crippen LogP contribution >= 0.6 is 23.8 Å². The molecular weight excluding hydrogens is 227 g/mol. The summed E-state index contributed by atoms with van der Waals surface area (Å²) in [5.41, 5.74) is 3.90. The molecule has 0 aliphatic carbocycles. The van der Waals surface area contributed by atoms with Crippen molar-refractivity contribution in [2.45, 2.75) is 12.2 Å². The van der Waals surface area contributed by atoms with Crippen LogP contribution in [-0.2, 0) is 0 Å². The van der Waals surface area contributed by atoms with E-state index in [4.69, 9.17) is 17.3 Å². The van der Waals surface area contributed by atoms with E-state index < -0.39 is 23.2 Å². The van der Waals surface area contributed by atoms with Gasteiger partial charge in [-0.05, 0) is 11.6 Å². The van der Waals surface area contributed by atoms with Crippen LogP contribution < -0.4 is 5.73 Å². The predicted octanol–water partition coefficient (Wildman–Crippen LogP) is 1.25. The minimum absolute atomic E-state index is 0.313. The molecule has 0 aromatic heterocycles. The van der Waals surface area contributed by atoms with Gasteiger partial charge in [0.05, 0.1) is 0 Å². The summed E-state index contributed by atoms with van der Waals surface area (Å²) >= 11 is 9.67. The second kappa shape index (κ2) is 3.32. The lowest BCUT2D eigenvalue weighted by atomic mass is 10.1. The standard InChI is InChI=1S/C5H3ClF3N3S/c6-4-11-2(5(7,8)9)1(10)3(13)12-4/h1H,10H2. The minimum Gasteiger partial charge on any atom is -0.317 e. The molecule has 1 aliphatic heterocycles. The quantitative estimate of drug-likeness (QED) is 0.502. The van der Waals surface area contributed by atoms with Crippen molar-refractivity contribution in [2.75, 3.05) is 0 Å².